The number of hydrazine groups is 1. The van der Waals surface area contributed by atoms with Crippen LogP contribution in [0, 0.1) is 6.92 Å². The summed E-state index contributed by atoms with van der Waals surface area (Å²) in [6.07, 6.45) is 6.56. The average Bonchev–Trinajstić information content (AvgIpc) is 2.58. The number of ether oxygens (including phenoxy) is 1. The molecule has 1 aliphatic carbocycles. The van der Waals surface area contributed by atoms with E-state index in [1.165, 1.54) is 18.4 Å². The van der Waals surface area contributed by atoms with Crippen LogP contribution < -0.4 is 16.0 Å². The predicted octanol–water partition coefficient (Wildman–Crippen LogP) is 3.78. The van der Waals surface area contributed by atoms with Gasteiger partial charge in [-0.25, -0.2) is 10.8 Å². The Balaban J connectivity index is 1.61. The van der Waals surface area contributed by atoms with Crippen LogP contribution in [0.1, 0.15) is 42.7 Å². The Hall–Kier alpha value is -2.07. The van der Waals surface area contributed by atoms with Crippen LogP contribution in [0.4, 0.5) is 5.82 Å². The van der Waals surface area contributed by atoms with Gasteiger partial charge < -0.3 is 10.2 Å². The SMILES string of the molecule is Cc1c(OC2CCC(c3ccccc3)CC2)ccnc1NN. The van der Waals surface area contributed by atoms with Gasteiger partial charge in [0.1, 0.15) is 11.6 Å². The Morgan fingerprint density at radius 3 is 2.50 bits per heavy atom. The minimum Gasteiger partial charge on any atom is -0.490 e. The van der Waals surface area contributed by atoms with Crippen molar-refractivity contribution in [3.05, 3.63) is 53.7 Å². The topological polar surface area (TPSA) is 60.2 Å². The second-order valence-electron chi connectivity index (χ2n) is 5.93. The van der Waals surface area contributed by atoms with E-state index in [2.05, 4.69) is 40.7 Å². The molecule has 1 heterocycles. The molecule has 2 aromatic rings. The number of nitrogens with one attached hydrogen (secondary N) is 1. The molecule has 0 amide bonds. The zero-order chi connectivity index (χ0) is 15.4. The molecule has 1 aliphatic rings. The minimum atomic E-state index is 0.284. The summed E-state index contributed by atoms with van der Waals surface area (Å²) in [5, 5.41) is 0. The van der Waals surface area contributed by atoms with E-state index >= 15 is 0 Å². The van der Waals surface area contributed by atoms with E-state index in [9.17, 15) is 0 Å². The fraction of sp³-hybridized carbons (Fsp3) is 0.389. The first-order chi connectivity index (χ1) is 10.8. The lowest BCUT2D eigenvalue weighted by atomic mass is 9.83. The second kappa shape index (κ2) is 6.79. The number of benzene rings is 1. The van der Waals surface area contributed by atoms with Crippen molar-refractivity contribution < 1.29 is 4.74 Å². The van der Waals surface area contributed by atoms with Crippen LogP contribution in [0.15, 0.2) is 42.6 Å². The third-order valence-electron chi connectivity index (χ3n) is 4.53. The van der Waals surface area contributed by atoms with Gasteiger partial charge in [0.25, 0.3) is 0 Å². The van der Waals surface area contributed by atoms with Crippen LogP contribution in [-0.4, -0.2) is 11.1 Å². The van der Waals surface area contributed by atoms with Gasteiger partial charge in [0, 0.05) is 11.8 Å². The molecule has 0 bridgehead atoms. The molecule has 4 heteroatoms. The van der Waals surface area contributed by atoms with Crippen molar-refractivity contribution in [2.24, 2.45) is 5.84 Å². The monoisotopic (exact) mass is 297 g/mol. The number of nitrogen functional groups attached to an aromatic ring is 1. The molecule has 0 spiro atoms. The molecule has 0 radical (unpaired) electrons. The van der Waals surface area contributed by atoms with E-state index < -0.39 is 0 Å². The lowest BCUT2D eigenvalue weighted by Gasteiger charge is -2.29. The highest BCUT2D eigenvalue weighted by Crippen LogP contribution is 2.35. The van der Waals surface area contributed by atoms with Gasteiger partial charge in [0.15, 0.2) is 0 Å². The van der Waals surface area contributed by atoms with Gasteiger partial charge in [0.2, 0.25) is 0 Å². The molecule has 0 unspecified atom stereocenters. The van der Waals surface area contributed by atoms with Crippen LogP contribution in [0.5, 0.6) is 5.75 Å². The van der Waals surface area contributed by atoms with Crippen molar-refractivity contribution >= 4 is 5.82 Å². The van der Waals surface area contributed by atoms with Crippen molar-refractivity contribution in [2.75, 3.05) is 5.43 Å². The van der Waals surface area contributed by atoms with E-state index in [0.717, 1.165) is 24.2 Å². The normalized spacial score (nSPS) is 21.4. The van der Waals surface area contributed by atoms with Gasteiger partial charge in [-0.2, -0.15) is 0 Å². The Morgan fingerprint density at radius 2 is 1.82 bits per heavy atom. The van der Waals surface area contributed by atoms with E-state index in [4.69, 9.17) is 10.6 Å². The molecule has 116 valence electrons. The molecule has 0 saturated heterocycles. The zero-order valence-corrected chi connectivity index (χ0v) is 13.0. The third kappa shape index (κ3) is 3.22. The summed E-state index contributed by atoms with van der Waals surface area (Å²) in [7, 11) is 0. The molecular formula is C18H23N3O. The molecule has 1 aromatic carbocycles. The van der Waals surface area contributed by atoms with Gasteiger partial charge in [-0.15, -0.1) is 0 Å². The van der Waals surface area contributed by atoms with Crippen molar-refractivity contribution in [2.45, 2.75) is 44.6 Å². The maximum Gasteiger partial charge on any atom is 0.146 e. The number of aromatic nitrogens is 1. The fourth-order valence-electron chi connectivity index (χ4n) is 3.21. The Kier molecular flexibility index (Phi) is 4.59. The average molecular weight is 297 g/mol. The molecule has 0 aliphatic heterocycles. The van der Waals surface area contributed by atoms with Crippen LogP contribution in [0.25, 0.3) is 0 Å². The van der Waals surface area contributed by atoms with E-state index in [-0.39, 0.29) is 6.10 Å². The lowest BCUT2D eigenvalue weighted by Crippen LogP contribution is -2.24. The first-order valence-electron chi connectivity index (χ1n) is 7.91. The number of nitrogens with zero attached hydrogens (tertiary/aromatic N) is 1. The summed E-state index contributed by atoms with van der Waals surface area (Å²) >= 11 is 0. The van der Waals surface area contributed by atoms with Crippen LogP contribution in [-0.2, 0) is 0 Å². The molecule has 1 aromatic heterocycles. The van der Waals surface area contributed by atoms with Crippen molar-refractivity contribution in [1.82, 2.24) is 4.98 Å². The zero-order valence-electron chi connectivity index (χ0n) is 13.0. The van der Waals surface area contributed by atoms with Crippen LogP contribution in [0.2, 0.25) is 0 Å². The lowest BCUT2D eigenvalue weighted by molar-refractivity contribution is 0.145. The highest BCUT2D eigenvalue weighted by atomic mass is 16.5. The van der Waals surface area contributed by atoms with E-state index in [1.54, 1.807) is 6.20 Å². The van der Waals surface area contributed by atoms with Gasteiger partial charge in [-0.1, -0.05) is 30.3 Å². The molecular weight excluding hydrogens is 274 g/mol. The molecule has 0 atom stereocenters. The van der Waals surface area contributed by atoms with Crippen LogP contribution in [0.3, 0.4) is 0 Å². The smallest absolute Gasteiger partial charge is 0.146 e. The van der Waals surface area contributed by atoms with E-state index in [0.29, 0.717) is 11.7 Å². The number of anilines is 1. The first kappa shape index (κ1) is 14.9. The quantitative estimate of drug-likeness (QED) is 0.666. The second-order valence-corrected chi connectivity index (χ2v) is 5.93. The predicted molar refractivity (Wildman–Crippen MR) is 88.9 cm³/mol. The highest BCUT2D eigenvalue weighted by Gasteiger charge is 2.24. The van der Waals surface area contributed by atoms with Gasteiger partial charge >= 0.3 is 0 Å². The molecule has 22 heavy (non-hydrogen) atoms. The molecule has 3 rings (SSSR count). The summed E-state index contributed by atoms with van der Waals surface area (Å²) in [6, 6.07) is 12.7. The van der Waals surface area contributed by atoms with E-state index in [1.807, 2.05) is 13.0 Å². The van der Waals surface area contributed by atoms with Gasteiger partial charge in [0.05, 0.1) is 6.10 Å². The minimum absolute atomic E-state index is 0.284. The number of pyridine rings is 1. The summed E-state index contributed by atoms with van der Waals surface area (Å²) in [5.74, 6) is 7.69. The van der Waals surface area contributed by atoms with Crippen LogP contribution >= 0.6 is 0 Å². The molecule has 4 nitrogen and oxygen atoms in total. The Labute approximate surface area is 131 Å². The summed E-state index contributed by atoms with van der Waals surface area (Å²) in [4.78, 5) is 4.19. The Morgan fingerprint density at radius 1 is 1.09 bits per heavy atom. The molecule has 1 saturated carbocycles. The maximum atomic E-state index is 6.18. The first-order valence-corrected chi connectivity index (χ1v) is 7.91. The van der Waals surface area contributed by atoms with Gasteiger partial charge in [-0.3, -0.25) is 0 Å². The Bertz CT molecular complexity index is 607. The highest BCUT2D eigenvalue weighted by molar-refractivity contribution is 5.49. The summed E-state index contributed by atoms with van der Waals surface area (Å²) < 4.78 is 6.18. The molecule has 3 N–H and O–H groups in total. The number of hydrogen-bond donors (Lipinski definition) is 2. The van der Waals surface area contributed by atoms with Crippen molar-refractivity contribution in [3.8, 4) is 5.75 Å². The largest absolute Gasteiger partial charge is 0.490 e. The van der Waals surface area contributed by atoms with Crippen molar-refractivity contribution in [3.63, 3.8) is 0 Å². The maximum absolute atomic E-state index is 6.18. The van der Waals surface area contributed by atoms with Crippen molar-refractivity contribution in [1.29, 1.82) is 0 Å². The summed E-state index contributed by atoms with van der Waals surface area (Å²) in [6.45, 7) is 1.98. The third-order valence-corrected chi connectivity index (χ3v) is 4.53. The standard InChI is InChI=1S/C18H23N3O/c1-13-17(11-12-20-18(13)21-19)22-16-9-7-15(8-10-16)14-5-3-2-4-6-14/h2-6,11-12,15-16H,7-10,19H2,1H3,(H,20,21). The fourth-order valence-corrected chi connectivity index (χ4v) is 3.21. The number of nitrogens with two attached hydrogens (primary N) is 1. The number of hydrogen-bond acceptors (Lipinski definition) is 4. The van der Waals surface area contributed by atoms with Gasteiger partial charge in [-0.05, 0) is 50.2 Å². The molecule has 1 fully saturated rings. The summed E-state index contributed by atoms with van der Waals surface area (Å²) in [5.41, 5.74) is 5.03. The number of rotatable bonds is 4.